The Bertz CT molecular complexity index is 643. The average molecular weight is 378 g/mol. The van der Waals surface area contributed by atoms with Crippen LogP contribution in [-0.4, -0.2) is 40.7 Å². The van der Waals surface area contributed by atoms with Crippen LogP contribution < -0.4 is 5.32 Å². The summed E-state index contributed by atoms with van der Waals surface area (Å²) < 4.78 is 5.09. The van der Waals surface area contributed by atoms with Crippen LogP contribution in [0.5, 0.6) is 0 Å². The van der Waals surface area contributed by atoms with E-state index >= 15 is 0 Å². The molecule has 0 aliphatic heterocycles. The predicted molar refractivity (Wildman–Crippen MR) is 102 cm³/mol. The minimum atomic E-state index is -1.06. The van der Waals surface area contributed by atoms with Gasteiger partial charge in [0.25, 0.3) is 0 Å². The third-order valence-electron chi connectivity index (χ3n) is 4.51. The first-order chi connectivity index (χ1) is 12.5. The van der Waals surface area contributed by atoms with Gasteiger partial charge in [0, 0.05) is 18.5 Å². The van der Waals surface area contributed by atoms with E-state index in [1.165, 1.54) is 11.9 Å². The van der Waals surface area contributed by atoms with Gasteiger partial charge in [0.1, 0.15) is 6.61 Å². The first-order valence-corrected chi connectivity index (χ1v) is 9.01. The number of benzene rings is 1. The van der Waals surface area contributed by atoms with Crippen molar-refractivity contribution in [3.63, 3.8) is 0 Å². The number of nitrogens with one attached hydrogen (secondary N) is 1. The number of rotatable bonds is 8. The molecule has 27 heavy (non-hydrogen) atoms. The number of hydrogen-bond acceptors (Lipinski definition) is 4. The largest absolute Gasteiger partial charge is 0.465 e. The first-order valence-electron chi connectivity index (χ1n) is 9.01. The monoisotopic (exact) mass is 378 g/mol. The highest BCUT2D eigenvalue weighted by molar-refractivity contribution is 5.93. The zero-order chi connectivity index (χ0) is 20.6. The quantitative estimate of drug-likeness (QED) is 0.716. The molecule has 0 aliphatic carbocycles. The third-order valence-corrected chi connectivity index (χ3v) is 4.51. The molecule has 0 saturated carbocycles. The van der Waals surface area contributed by atoms with Gasteiger partial charge in [-0.05, 0) is 38.2 Å². The van der Waals surface area contributed by atoms with Crippen LogP contribution in [-0.2, 0) is 16.1 Å². The minimum absolute atomic E-state index is 0.0715. The molecule has 0 saturated heterocycles. The van der Waals surface area contributed by atoms with Crippen molar-refractivity contribution >= 4 is 18.1 Å². The number of amides is 3. The summed E-state index contributed by atoms with van der Waals surface area (Å²) in [6.07, 6.45) is -1.03. The molecule has 0 heterocycles. The van der Waals surface area contributed by atoms with Crippen LogP contribution in [0.1, 0.15) is 46.1 Å². The minimum Gasteiger partial charge on any atom is -0.465 e. The fraction of sp³-hybridized carbons (Fsp3) is 0.550. The van der Waals surface area contributed by atoms with Gasteiger partial charge in [-0.3, -0.25) is 10.1 Å². The van der Waals surface area contributed by atoms with Gasteiger partial charge >= 0.3 is 12.2 Å². The molecule has 1 rings (SSSR count). The van der Waals surface area contributed by atoms with E-state index in [2.05, 4.69) is 5.32 Å². The Morgan fingerprint density at radius 3 is 2.30 bits per heavy atom. The van der Waals surface area contributed by atoms with Crippen LogP contribution in [0.3, 0.4) is 0 Å². The zero-order valence-corrected chi connectivity index (χ0v) is 16.7. The van der Waals surface area contributed by atoms with Crippen LogP contribution in [0.4, 0.5) is 9.59 Å². The molecule has 2 N–H and O–H groups in total. The van der Waals surface area contributed by atoms with Crippen LogP contribution >= 0.6 is 0 Å². The van der Waals surface area contributed by atoms with Crippen LogP contribution in [0, 0.1) is 11.8 Å². The summed E-state index contributed by atoms with van der Waals surface area (Å²) in [4.78, 5) is 37.0. The highest BCUT2D eigenvalue weighted by Crippen LogP contribution is 2.27. The van der Waals surface area contributed by atoms with Gasteiger partial charge in [-0.1, -0.05) is 44.2 Å². The van der Waals surface area contributed by atoms with Crippen molar-refractivity contribution < 1.29 is 24.2 Å². The summed E-state index contributed by atoms with van der Waals surface area (Å²) in [5.74, 6) is -0.744. The van der Waals surface area contributed by atoms with Gasteiger partial charge in [0.15, 0.2) is 0 Å². The van der Waals surface area contributed by atoms with Gasteiger partial charge in [-0.2, -0.15) is 0 Å². The standard InChI is InChI=1S/C20H30N2O5/c1-14(2)11-16(12-20(3,4)22(5)19(25)26)17(23)21-18(24)27-13-15-9-7-6-8-10-15/h6-10,14,16H,11-13H2,1-5H3,(H,25,26)(H,21,23,24)/t16-/m0/s1. The first kappa shape index (κ1) is 22.5. The lowest BCUT2D eigenvalue weighted by Crippen LogP contribution is -2.48. The average Bonchev–Trinajstić information content (AvgIpc) is 2.58. The molecule has 7 nitrogen and oxygen atoms in total. The van der Waals surface area contributed by atoms with Crippen molar-refractivity contribution in [2.24, 2.45) is 11.8 Å². The topological polar surface area (TPSA) is 95.9 Å². The molecule has 1 atom stereocenters. The van der Waals surface area contributed by atoms with Crippen molar-refractivity contribution in [3.05, 3.63) is 35.9 Å². The molecule has 0 aromatic heterocycles. The van der Waals surface area contributed by atoms with E-state index < -0.39 is 29.6 Å². The second-order valence-corrected chi connectivity index (χ2v) is 7.74. The maximum absolute atomic E-state index is 12.6. The SMILES string of the molecule is CC(C)C[C@@H](CC(C)(C)N(C)C(=O)O)C(=O)NC(=O)OCc1ccccc1. The summed E-state index contributed by atoms with van der Waals surface area (Å²) >= 11 is 0. The molecule has 0 bridgehead atoms. The molecule has 7 heteroatoms. The van der Waals surface area contributed by atoms with Crippen molar-refractivity contribution in [1.29, 1.82) is 0 Å². The van der Waals surface area contributed by atoms with Crippen LogP contribution in [0.25, 0.3) is 0 Å². The summed E-state index contributed by atoms with van der Waals surface area (Å²) in [5.41, 5.74) is 0.0690. The Morgan fingerprint density at radius 1 is 1.19 bits per heavy atom. The molecule has 1 aromatic rings. The molecular formula is C20H30N2O5. The molecule has 0 aliphatic rings. The smallest absolute Gasteiger partial charge is 0.414 e. The fourth-order valence-corrected chi connectivity index (χ4v) is 2.81. The molecule has 3 amide bonds. The molecule has 0 fully saturated rings. The number of alkyl carbamates (subject to hydrolysis) is 1. The predicted octanol–water partition coefficient (Wildman–Crippen LogP) is 3.88. The number of nitrogens with zero attached hydrogens (tertiary/aromatic N) is 1. The second kappa shape index (κ2) is 9.94. The van der Waals surface area contributed by atoms with E-state index in [1.807, 2.05) is 44.2 Å². The molecule has 150 valence electrons. The maximum atomic E-state index is 12.6. The van der Waals surface area contributed by atoms with E-state index in [9.17, 15) is 19.5 Å². The summed E-state index contributed by atoms with van der Waals surface area (Å²) in [6, 6.07) is 9.17. The fourth-order valence-electron chi connectivity index (χ4n) is 2.81. The Hall–Kier alpha value is -2.57. The Labute approximate surface area is 160 Å². The number of carbonyl (C=O) groups excluding carboxylic acids is 2. The highest BCUT2D eigenvalue weighted by atomic mass is 16.5. The molecule has 0 unspecified atom stereocenters. The summed E-state index contributed by atoms with van der Waals surface area (Å²) in [7, 11) is 1.47. The van der Waals surface area contributed by atoms with E-state index in [-0.39, 0.29) is 12.5 Å². The van der Waals surface area contributed by atoms with Crippen molar-refractivity contribution in [1.82, 2.24) is 10.2 Å². The van der Waals surface area contributed by atoms with E-state index in [4.69, 9.17) is 4.74 Å². The highest BCUT2D eigenvalue weighted by Gasteiger charge is 2.34. The van der Waals surface area contributed by atoms with Gasteiger partial charge < -0.3 is 14.7 Å². The van der Waals surface area contributed by atoms with E-state index in [0.717, 1.165) is 5.56 Å². The third kappa shape index (κ3) is 7.68. The lowest BCUT2D eigenvalue weighted by molar-refractivity contribution is -0.126. The molecule has 1 aromatic carbocycles. The number of ether oxygens (including phenoxy) is 1. The zero-order valence-electron chi connectivity index (χ0n) is 16.7. The number of carboxylic acid groups (broad SMARTS) is 1. The molecule has 0 radical (unpaired) electrons. The Morgan fingerprint density at radius 2 is 1.78 bits per heavy atom. The normalized spacial score (nSPS) is 12.4. The van der Waals surface area contributed by atoms with Crippen molar-refractivity contribution in [2.75, 3.05) is 7.05 Å². The van der Waals surface area contributed by atoms with Gasteiger partial charge in [-0.25, -0.2) is 9.59 Å². The number of imide groups is 1. The van der Waals surface area contributed by atoms with Gasteiger partial charge in [-0.15, -0.1) is 0 Å². The number of carbonyl (C=O) groups is 3. The van der Waals surface area contributed by atoms with Gasteiger partial charge in [0.05, 0.1) is 0 Å². The van der Waals surface area contributed by atoms with E-state index in [1.54, 1.807) is 13.8 Å². The van der Waals surface area contributed by atoms with Crippen LogP contribution in [0.2, 0.25) is 0 Å². The second-order valence-electron chi connectivity index (χ2n) is 7.74. The van der Waals surface area contributed by atoms with Crippen molar-refractivity contribution in [3.8, 4) is 0 Å². The Balaban J connectivity index is 2.71. The van der Waals surface area contributed by atoms with Crippen LogP contribution in [0.15, 0.2) is 30.3 Å². The summed E-state index contributed by atoms with van der Waals surface area (Å²) in [5, 5.41) is 11.5. The number of hydrogen-bond donors (Lipinski definition) is 2. The Kier molecular flexibility index (Phi) is 8.28. The van der Waals surface area contributed by atoms with Crippen molar-refractivity contribution in [2.45, 2.75) is 52.7 Å². The maximum Gasteiger partial charge on any atom is 0.414 e. The summed E-state index contributed by atoms with van der Waals surface area (Å²) in [6.45, 7) is 7.54. The van der Waals surface area contributed by atoms with E-state index in [0.29, 0.717) is 12.8 Å². The lowest BCUT2D eigenvalue weighted by Gasteiger charge is -2.36. The lowest BCUT2D eigenvalue weighted by atomic mass is 9.84. The van der Waals surface area contributed by atoms with Gasteiger partial charge in [0.2, 0.25) is 5.91 Å². The molecular weight excluding hydrogens is 348 g/mol. The molecule has 0 spiro atoms.